The lowest BCUT2D eigenvalue weighted by atomic mass is 10.3. The Labute approximate surface area is 65.6 Å². The normalized spacial score (nSPS) is 20.3. The van der Waals surface area contributed by atoms with Crippen LogP contribution in [0.3, 0.4) is 0 Å². The zero-order valence-corrected chi connectivity index (χ0v) is 5.63. The number of nitrogens with zero attached hydrogens (tertiary/aromatic N) is 5. The minimum Gasteiger partial charge on any atom is -0.266 e. The first-order valence-corrected chi connectivity index (χ1v) is 2.97. The number of amidine groups is 1. The van der Waals surface area contributed by atoms with Crippen LogP contribution >= 0.6 is 0 Å². The lowest BCUT2D eigenvalue weighted by Crippen LogP contribution is -2.17. The summed E-state index contributed by atoms with van der Waals surface area (Å²) in [6.07, 6.45) is 0.825. The number of hydrogen-bond donors (Lipinski definition) is 0. The van der Waals surface area contributed by atoms with Crippen molar-refractivity contribution in [2.75, 3.05) is 0 Å². The SMILES string of the molecule is O=C1C=NC(=O)C2=NN=NC2=N1. The van der Waals surface area contributed by atoms with E-state index in [4.69, 9.17) is 0 Å². The predicted molar refractivity (Wildman–Crippen MR) is 38.2 cm³/mol. The molecule has 58 valence electrons. The van der Waals surface area contributed by atoms with Gasteiger partial charge in [-0.1, -0.05) is 0 Å². The topological polar surface area (TPSA) is 95.9 Å². The van der Waals surface area contributed by atoms with Gasteiger partial charge in [0, 0.05) is 0 Å². The van der Waals surface area contributed by atoms with Crippen molar-refractivity contribution in [3.05, 3.63) is 0 Å². The van der Waals surface area contributed by atoms with Gasteiger partial charge in [0.25, 0.3) is 5.91 Å². The monoisotopic (exact) mass is 163 g/mol. The lowest BCUT2D eigenvalue weighted by molar-refractivity contribution is -0.113. The van der Waals surface area contributed by atoms with E-state index < -0.39 is 11.8 Å². The van der Waals surface area contributed by atoms with E-state index in [0.717, 1.165) is 6.21 Å². The van der Waals surface area contributed by atoms with Crippen molar-refractivity contribution in [1.29, 1.82) is 0 Å². The molecule has 2 heterocycles. The van der Waals surface area contributed by atoms with Crippen LogP contribution in [0.1, 0.15) is 0 Å². The van der Waals surface area contributed by atoms with Gasteiger partial charge in [0.05, 0.1) is 6.21 Å². The zero-order chi connectivity index (χ0) is 8.55. The van der Waals surface area contributed by atoms with Gasteiger partial charge in [-0.15, -0.1) is 10.2 Å². The Morgan fingerprint density at radius 3 is 2.92 bits per heavy atom. The molecule has 0 aromatic heterocycles. The van der Waals surface area contributed by atoms with E-state index in [-0.39, 0.29) is 11.5 Å². The minimum absolute atomic E-state index is 0.0671. The number of carbonyl (C=O) groups excluding carboxylic acids is 2. The molecule has 7 heteroatoms. The average molecular weight is 163 g/mol. The second kappa shape index (κ2) is 2.22. The first-order valence-electron chi connectivity index (χ1n) is 2.97. The maximum absolute atomic E-state index is 11.0. The van der Waals surface area contributed by atoms with Crippen LogP contribution < -0.4 is 0 Å². The van der Waals surface area contributed by atoms with E-state index in [1.807, 2.05) is 0 Å². The molecule has 0 N–H and O–H groups in total. The highest BCUT2D eigenvalue weighted by Gasteiger charge is 2.25. The zero-order valence-electron chi connectivity index (χ0n) is 5.63. The van der Waals surface area contributed by atoms with Gasteiger partial charge in [-0.2, -0.15) is 4.99 Å². The molecule has 0 fully saturated rings. The van der Waals surface area contributed by atoms with Crippen LogP contribution in [0.2, 0.25) is 0 Å². The van der Waals surface area contributed by atoms with Crippen molar-refractivity contribution in [2.24, 2.45) is 25.4 Å². The van der Waals surface area contributed by atoms with Crippen LogP contribution in [0.4, 0.5) is 0 Å². The second-order valence-electron chi connectivity index (χ2n) is 1.98. The van der Waals surface area contributed by atoms with Gasteiger partial charge in [-0.05, 0) is 5.22 Å². The van der Waals surface area contributed by atoms with E-state index in [1.54, 1.807) is 0 Å². The van der Waals surface area contributed by atoms with Crippen LogP contribution in [-0.2, 0) is 9.59 Å². The molecule has 0 atom stereocenters. The third-order valence-electron chi connectivity index (χ3n) is 1.21. The molecule has 0 aromatic rings. The fourth-order valence-electron chi connectivity index (χ4n) is 0.723. The molecule has 0 saturated heterocycles. The summed E-state index contributed by atoms with van der Waals surface area (Å²) in [5, 5.41) is 9.92. The molecule has 0 bridgehead atoms. The molecule has 0 spiro atoms. The summed E-state index contributed by atoms with van der Waals surface area (Å²) in [6, 6.07) is 0. The minimum atomic E-state index is -0.649. The smallest absolute Gasteiger partial charge is 0.266 e. The summed E-state index contributed by atoms with van der Waals surface area (Å²) in [6.45, 7) is 0. The van der Waals surface area contributed by atoms with Crippen LogP contribution in [0.25, 0.3) is 0 Å². The summed E-state index contributed by atoms with van der Waals surface area (Å²) < 4.78 is 0. The average Bonchev–Trinajstić information content (AvgIpc) is 2.44. The highest BCUT2D eigenvalue weighted by atomic mass is 16.2. The highest BCUT2D eigenvalue weighted by Crippen LogP contribution is 2.03. The molecule has 2 aliphatic rings. The van der Waals surface area contributed by atoms with Crippen molar-refractivity contribution in [1.82, 2.24) is 0 Å². The second-order valence-corrected chi connectivity index (χ2v) is 1.98. The molecule has 2 rings (SSSR count). The standard InChI is InChI=1S/C5HN5O2/c11-2-1-6-5(12)3-4(7-2)9-10-8-3/h1H. The number of fused-ring (bicyclic) bond motifs is 1. The number of hydrogen-bond acceptors (Lipinski definition) is 5. The highest BCUT2D eigenvalue weighted by molar-refractivity contribution is 6.70. The fourth-order valence-corrected chi connectivity index (χ4v) is 0.723. The van der Waals surface area contributed by atoms with Gasteiger partial charge < -0.3 is 0 Å². The summed E-state index contributed by atoms with van der Waals surface area (Å²) in [5.41, 5.74) is -0.0860. The largest absolute Gasteiger partial charge is 0.301 e. The molecule has 2 aliphatic heterocycles. The summed E-state index contributed by atoms with van der Waals surface area (Å²) in [7, 11) is 0. The lowest BCUT2D eigenvalue weighted by Gasteiger charge is -1.85. The third kappa shape index (κ3) is 0.875. The van der Waals surface area contributed by atoms with Gasteiger partial charge in [0.2, 0.25) is 11.5 Å². The molecule has 2 amide bonds. The Morgan fingerprint density at radius 1 is 1.25 bits per heavy atom. The van der Waals surface area contributed by atoms with Crippen molar-refractivity contribution in [3.8, 4) is 0 Å². The molecule has 0 aromatic carbocycles. The first kappa shape index (κ1) is 6.65. The van der Waals surface area contributed by atoms with Gasteiger partial charge >= 0.3 is 5.91 Å². The Balaban J connectivity index is 2.55. The number of amides is 2. The summed E-state index contributed by atoms with van der Waals surface area (Å²) in [4.78, 5) is 28.4. The van der Waals surface area contributed by atoms with E-state index in [9.17, 15) is 9.59 Å². The fraction of sp³-hybridized carbons (Fsp3) is 0. The molecule has 0 saturated carbocycles. The van der Waals surface area contributed by atoms with E-state index in [1.165, 1.54) is 0 Å². The van der Waals surface area contributed by atoms with Gasteiger partial charge in [-0.25, -0.2) is 4.99 Å². The maximum atomic E-state index is 11.0. The van der Waals surface area contributed by atoms with Gasteiger partial charge in [-0.3, -0.25) is 9.59 Å². The molecular formula is C5HN5O2. The Kier molecular flexibility index (Phi) is 1.23. The summed E-state index contributed by atoms with van der Waals surface area (Å²) in [5.74, 6) is -1.35. The Hall–Kier alpha value is -2.05. The number of rotatable bonds is 0. The molecule has 0 unspecified atom stereocenters. The van der Waals surface area contributed by atoms with Crippen LogP contribution in [0, 0.1) is 0 Å². The van der Waals surface area contributed by atoms with Crippen molar-refractivity contribution in [2.45, 2.75) is 0 Å². The number of aliphatic imine (C=N–C) groups is 2. The van der Waals surface area contributed by atoms with Crippen molar-refractivity contribution >= 4 is 29.6 Å². The van der Waals surface area contributed by atoms with Gasteiger partial charge in [0.1, 0.15) is 0 Å². The van der Waals surface area contributed by atoms with Crippen LogP contribution in [0.5, 0.6) is 0 Å². The van der Waals surface area contributed by atoms with Crippen LogP contribution in [-0.4, -0.2) is 29.6 Å². The number of carbonyl (C=O) groups is 2. The Bertz CT molecular complexity index is 389. The molecule has 7 nitrogen and oxygen atoms in total. The molecule has 0 aliphatic carbocycles. The molecule has 12 heavy (non-hydrogen) atoms. The quantitative estimate of drug-likeness (QED) is 0.474. The first-order chi connectivity index (χ1) is 5.77. The third-order valence-corrected chi connectivity index (χ3v) is 1.21. The van der Waals surface area contributed by atoms with Crippen LogP contribution in [0.15, 0.2) is 25.4 Å². The molecular weight excluding hydrogens is 162 g/mol. The predicted octanol–water partition coefficient (Wildman–Crippen LogP) is -0.656. The van der Waals surface area contributed by atoms with Gasteiger partial charge in [0.15, 0.2) is 0 Å². The van der Waals surface area contributed by atoms with E-state index in [0.29, 0.717) is 0 Å². The molecule has 0 radical (unpaired) electrons. The summed E-state index contributed by atoms with van der Waals surface area (Å²) >= 11 is 0. The van der Waals surface area contributed by atoms with Crippen molar-refractivity contribution < 1.29 is 9.59 Å². The van der Waals surface area contributed by atoms with E-state index >= 15 is 0 Å². The van der Waals surface area contributed by atoms with Crippen molar-refractivity contribution in [3.63, 3.8) is 0 Å². The Morgan fingerprint density at radius 2 is 2.08 bits per heavy atom. The van der Waals surface area contributed by atoms with E-state index in [2.05, 4.69) is 25.4 Å². The maximum Gasteiger partial charge on any atom is 0.301 e.